The van der Waals surface area contributed by atoms with Crippen LogP contribution in [0.25, 0.3) is 77.5 Å². The van der Waals surface area contributed by atoms with E-state index in [1.807, 2.05) is 48.8 Å². The van der Waals surface area contributed by atoms with E-state index in [0.717, 1.165) is 56.0 Å². The third kappa shape index (κ3) is 3.88. The Morgan fingerprint density at radius 3 is 1.48 bits per heavy atom. The molecule has 4 heterocycles. The number of rotatable bonds is 4. The molecule has 0 aliphatic carbocycles. The standard InChI is InChI=1S/C41H25N5/c42-25-27-20-21-40(45-36-16-5-1-10-28(36)29-11-2-6-17-37(29)45)32(24-27)34-14-9-15-35(44-34)33-26-43-23-22-41(33)46-38-18-7-3-12-30(38)31-13-4-8-19-39(31)46/h1-24,26H. The van der Waals surface area contributed by atoms with Crippen molar-refractivity contribution in [1.82, 2.24) is 19.1 Å². The molecule has 0 aliphatic rings. The average molecular weight is 588 g/mol. The van der Waals surface area contributed by atoms with E-state index in [9.17, 15) is 5.26 Å². The van der Waals surface area contributed by atoms with Crippen LogP contribution in [-0.4, -0.2) is 19.1 Å². The van der Waals surface area contributed by atoms with Gasteiger partial charge in [-0.2, -0.15) is 5.26 Å². The molecule has 9 rings (SSSR count). The maximum Gasteiger partial charge on any atom is 0.0991 e. The van der Waals surface area contributed by atoms with Gasteiger partial charge in [-0.15, -0.1) is 0 Å². The highest BCUT2D eigenvalue weighted by atomic mass is 15.0. The maximum atomic E-state index is 9.93. The molecule has 0 bridgehead atoms. The third-order valence-corrected chi connectivity index (χ3v) is 8.87. The Morgan fingerprint density at radius 2 is 0.957 bits per heavy atom. The van der Waals surface area contributed by atoms with Crippen LogP contribution in [0.15, 0.2) is 152 Å². The molecule has 0 saturated carbocycles. The van der Waals surface area contributed by atoms with Gasteiger partial charge in [-0.1, -0.05) is 78.9 Å². The molecule has 0 spiro atoms. The van der Waals surface area contributed by atoms with E-state index in [0.29, 0.717) is 5.56 Å². The first-order valence-corrected chi connectivity index (χ1v) is 15.2. The Balaban J connectivity index is 1.28. The fourth-order valence-electron chi connectivity index (χ4n) is 6.88. The van der Waals surface area contributed by atoms with Crippen molar-refractivity contribution in [2.45, 2.75) is 0 Å². The van der Waals surface area contributed by atoms with E-state index in [-0.39, 0.29) is 0 Å². The highest BCUT2D eigenvalue weighted by Crippen LogP contribution is 2.38. The molecule has 46 heavy (non-hydrogen) atoms. The zero-order chi connectivity index (χ0) is 30.6. The number of para-hydroxylation sites is 4. The number of hydrogen-bond acceptors (Lipinski definition) is 3. The molecule has 0 aliphatic heterocycles. The molecule has 0 amide bonds. The van der Waals surface area contributed by atoms with Crippen LogP contribution in [0.5, 0.6) is 0 Å². The van der Waals surface area contributed by atoms with Gasteiger partial charge in [-0.05, 0) is 60.7 Å². The fourth-order valence-corrected chi connectivity index (χ4v) is 6.88. The molecule has 9 aromatic rings. The van der Waals surface area contributed by atoms with Crippen molar-refractivity contribution in [1.29, 1.82) is 5.26 Å². The predicted molar refractivity (Wildman–Crippen MR) is 186 cm³/mol. The molecule has 5 aromatic carbocycles. The Labute approximate surface area is 264 Å². The molecule has 0 atom stereocenters. The van der Waals surface area contributed by atoms with Gasteiger partial charge < -0.3 is 9.13 Å². The summed E-state index contributed by atoms with van der Waals surface area (Å²) in [6.07, 6.45) is 3.73. The summed E-state index contributed by atoms with van der Waals surface area (Å²) in [6.45, 7) is 0. The zero-order valence-corrected chi connectivity index (χ0v) is 24.7. The van der Waals surface area contributed by atoms with E-state index in [2.05, 4.69) is 123 Å². The fraction of sp³-hybridized carbons (Fsp3) is 0. The van der Waals surface area contributed by atoms with Crippen LogP contribution in [0.2, 0.25) is 0 Å². The SMILES string of the molecule is N#Cc1ccc(-n2c3ccccc3c3ccccc32)c(-c2cccc(-c3cnccc3-n3c4ccccc4c4ccccc43)n2)c1. The van der Waals surface area contributed by atoms with Crippen molar-refractivity contribution >= 4 is 43.6 Å². The highest BCUT2D eigenvalue weighted by molar-refractivity contribution is 6.10. The van der Waals surface area contributed by atoms with Crippen LogP contribution in [0.4, 0.5) is 0 Å². The van der Waals surface area contributed by atoms with E-state index >= 15 is 0 Å². The summed E-state index contributed by atoms with van der Waals surface area (Å²) in [5.41, 5.74) is 10.4. The minimum Gasteiger partial charge on any atom is -0.309 e. The average Bonchev–Trinajstić information content (AvgIpc) is 3.64. The van der Waals surface area contributed by atoms with Gasteiger partial charge in [0.2, 0.25) is 0 Å². The number of aromatic nitrogens is 4. The third-order valence-electron chi connectivity index (χ3n) is 8.87. The predicted octanol–water partition coefficient (Wildman–Crippen LogP) is 9.88. The Hall–Kier alpha value is -6.51. The lowest BCUT2D eigenvalue weighted by atomic mass is 10.0. The lowest BCUT2D eigenvalue weighted by Gasteiger charge is -2.16. The van der Waals surface area contributed by atoms with Crippen LogP contribution < -0.4 is 0 Å². The Bertz CT molecular complexity index is 2560. The van der Waals surface area contributed by atoms with Crippen LogP contribution in [-0.2, 0) is 0 Å². The second kappa shape index (κ2) is 10.3. The lowest BCUT2D eigenvalue weighted by molar-refractivity contribution is 1.14. The quantitative estimate of drug-likeness (QED) is 0.206. The molecule has 0 saturated heterocycles. The first-order valence-electron chi connectivity index (χ1n) is 15.2. The summed E-state index contributed by atoms with van der Waals surface area (Å²) in [5, 5.41) is 14.7. The number of nitrogens with zero attached hydrogens (tertiary/aromatic N) is 5. The van der Waals surface area contributed by atoms with E-state index in [4.69, 9.17) is 4.98 Å². The molecule has 0 radical (unpaired) electrons. The topological polar surface area (TPSA) is 59.4 Å². The Morgan fingerprint density at radius 1 is 0.478 bits per heavy atom. The molecule has 5 heteroatoms. The first kappa shape index (κ1) is 25.9. The molecule has 5 nitrogen and oxygen atoms in total. The van der Waals surface area contributed by atoms with Crippen molar-refractivity contribution in [2.75, 3.05) is 0 Å². The molecular formula is C41H25N5. The first-order chi connectivity index (χ1) is 22.8. The van der Waals surface area contributed by atoms with Crippen molar-refractivity contribution in [3.8, 4) is 40.0 Å². The summed E-state index contributed by atoms with van der Waals surface area (Å²) in [5.74, 6) is 0. The summed E-state index contributed by atoms with van der Waals surface area (Å²) in [6, 6.07) is 50.3. The highest BCUT2D eigenvalue weighted by Gasteiger charge is 2.19. The number of fused-ring (bicyclic) bond motifs is 6. The van der Waals surface area contributed by atoms with E-state index in [1.165, 1.54) is 21.5 Å². The van der Waals surface area contributed by atoms with Crippen LogP contribution >= 0.6 is 0 Å². The van der Waals surface area contributed by atoms with Gasteiger partial charge in [-0.3, -0.25) is 4.98 Å². The molecule has 0 N–H and O–H groups in total. The summed E-state index contributed by atoms with van der Waals surface area (Å²) < 4.78 is 4.58. The van der Waals surface area contributed by atoms with Gasteiger partial charge in [0.05, 0.1) is 56.5 Å². The second-order valence-electron chi connectivity index (χ2n) is 11.4. The van der Waals surface area contributed by atoms with Gasteiger partial charge in [-0.25, -0.2) is 4.98 Å². The van der Waals surface area contributed by atoms with Crippen LogP contribution in [0, 0.1) is 11.3 Å². The summed E-state index contributed by atoms with van der Waals surface area (Å²) in [4.78, 5) is 9.82. The minimum absolute atomic E-state index is 0.582. The summed E-state index contributed by atoms with van der Waals surface area (Å²) >= 11 is 0. The minimum atomic E-state index is 0.582. The largest absolute Gasteiger partial charge is 0.309 e. The van der Waals surface area contributed by atoms with Crippen molar-refractivity contribution < 1.29 is 0 Å². The Kier molecular flexibility index (Phi) is 5.81. The second-order valence-corrected chi connectivity index (χ2v) is 11.4. The van der Waals surface area contributed by atoms with Gasteiger partial charge in [0.15, 0.2) is 0 Å². The summed E-state index contributed by atoms with van der Waals surface area (Å²) in [7, 11) is 0. The van der Waals surface area contributed by atoms with Gasteiger partial charge in [0, 0.05) is 45.1 Å². The molecule has 214 valence electrons. The normalized spacial score (nSPS) is 11.5. The van der Waals surface area contributed by atoms with E-state index in [1.54, 1.807) is 0 Å². The van der Waals surface area contributed by atoms with Crippen molar-refractivity contribution in [3.63, 3.8) is 0 Å². The maximum absolute atomic E-state index is 9.93. The lowest BCUT2D eigenvalue weighted by Crippen LogP contribution is -2.01. The van der Waals surface area contributed by atoms with Crippen LogP contribution in [0.3, 0.4) is 0 Å². The molecular weight excluding hydrogens is 562 g/mol. The van der Waals surface area contributed by atoms with Crippen molar-refractivity contribution in [2.24, 2.45) is 0 Å². The number of nitriles is 1. The zero-order valence-electron chi connectivity index (χ0n) is 24.7. The molecule has 4 aromatic heterocycles. The number of pyridine rings is 2. The van der Waals surface area contributed by atoms with Crippen molar-refractivity contribution in [3.05, 3.63) is 157 Å². The van der Waals surface area contributed by atoms with Crippen LogP contribution in [0.1, 0.15) is 5.56 Å². The number of benzene rings is 5. The molecule has 0 unspecified atom stereocenters. The molecule has 0 fully saturated rings. The van der Waals surface area contributed by atoms with Gasteiger partial charge in [0.25, 0.3) is 0 Å². The van der Waals surface area contributed by atoms with Gasteiger partial charge in [0.1, 0.15) is 0 Å². The number of hydrogen-bond donors (Lipinski definition) is 0. The van der Waals surface area contributed by atoms with Gasteiger partial charge >= 0.3 is 0 Å². The van der Waals surface area contributed by atoms with E-state index < -0.39 is 0 Å². The smallest absolute Gasteiger partial charge is 0.0991 e. The monoisotopic (exact) mass is 587 g/mol.